The first kappa shape index (κ1) is 25.5. The number of nitriles is 2. The molecular formula is C34H32FN3. The molecule has 0 atom stereocenters. The van der Waals surface area contributed by atoms with Crippen LogP contribution in [0.15, 0.2) is 60.2 Å². The molecule has 0 spiro atoms. The van der Waals surface area contributed by atoms with Crippen molar-refractivity contribution in [2.24, 2.45) is 5.41 Å². The Morgan fingerprint density at radius 1 is 0.842 bits per heavy atom. The Morgan fingerprint density at radius 2 is 1.55 bits per heavy atom. The number of aromatic nitrogens is 1. The van der Waals surface area contributed by atoms with Gasteiger partial charge in [-0.05, 0) is 53.0 Å². The van der Waals surface area contributed by atoms with Crippen molar-refractivity contribution in [1.29, 1.82) is 10.5 Å². The standard InChI is InChI=1S/C34H32FN3/c1-33(2,3)23-12-14-29-26(17-23)27-18-24(34(4,5)6)13-15-30(27)38(29)32-22(19-36)16-25(31(35)28(32)20-37)21-10-8-7-9-11-21/h7-12,14,16-18H,13,15H2,1-6H3. The molecule has 0 saturated carbocycles. The molecule has 190 valence electrons. The van der Waals surface area contributed by atoms with Crippen LogP contribution >= 0.6 is 0 Å². The molecule has 1 heterocycles. The van der Waals surface area contributed by atoms with E-state index in [2.05, 4.69) is 78.0 Å². The maximum atomic E-state index is 16.0. The Kier molecular flexibility index (Phi) is 6.04. The van der Waals surface area contributed by atoms with Crippen LogP contribution < -0.4 is 0 Å². The zero-order valence-electron chi connectivity index (χ0n) is 22.9. The highest BCUT2D eigenvalue weighted by Gasteiger charge is 2.30. The quantitative estimate of drug-likeness (QED) is 0.275. The fraction of sp³-hybridized carbons (Fsp3) is 0.294. The summed E-state index contributed by atoms with van der Waals surface area (Å²) < 4.78 is 18.0. The fourth-order valence-corrected chi connectivity index (χ4v) is 5.49. The lowest BCUT2D eigenvalue weighted by molar-refractivity contribution is 0.483. The third kappa shape index (κ3) is 4.11. The molecule has 3 nitrogen and oxygen atoms in total. The van der Waals surface area contributed by atoms with Crippen molar-refractivity contribution in [3.8, 4) is 29.0 Å². The second-order valence-corrected chi connectivity index (χ2v) is 12.2. The fourth-order valence-electron chi connectivity index (χ4n) is 5.49. The topological polar surface area (TPSA) is 52.5 Å². The van der Waals surface area contributed by atoms with Crippen molar-refractivity contribution in [3.05, 3.63) is 93.9 Å². The van der Waals surface area contributed by atoms with E-state index in [4.69, 9.17) is 0 Å². The molecule has 0 unspecified atom stereocenters. The summed E-state index contributed by atoms with van der Waals surface area (Å²) in [5.74, 6) is -0.601. The van der Waals surface area contributed by atoms with E-state index < -0.39 is 5.82 Å². The Balaban J connectivity index is 1.90. The molecule has 38 heavy (non-hydrogen) atoms. The lowest BCUT2D eigenvalue weighted by Crippen LogP contribution is -2.15. The number of allylic oxidation sites excluding steroid dienone is 1. The predicted octanol–water partition coefficient (Wildman–Crippen LogP) is 8.85. The van der Waals surface area contributed by atoms with Crippen LogP contribution in [0.4, 0.5) is 4.39 Å². The van der Waals surface area contributed by atoms with Gasteiger partial charge in [-0.3, -0.25) is 0 Å². The molecule has 1 aromatic heterocycles. The van der Waals surface area contributed by atoms with Crippen molar-refractivity contribution in [3.63, 3.8) is 0 Å². The van der Waals surface area contributed by atoms with Crippen LogP contribution in [-0.2, 0) is 11.8 Å². The van der Waals surface area contributed by atoms with Crippen LogP contribution in [0.2, 0.25) is 0 Å². The van der Waals surface area contributed by atoms with Gasteiger partial charge in [0, 0.05) is 22.2 Å². The molecule has 5 rings (SSSR count). The molecule has 4 aromatic rings. The van der Waals surface area contributed by atoms with Gasteiger partial charge in [-0.1, -0.05) is 89.6 Å². The van der Waals surface area contributed by atoms with Crippen molar-refractivity contribution in [1.82, 2.24) is 4.57 Å². The SMILES string of the molecule is CC(C)(C)C1=Cc2c(n(-c3c(C#N)cc(-c4ccccc4)c(F)c3C#N)c3ccc(C(C)(C)C)cc23)CC1. The van der Waals surface area contributed by atoms with E-state index in [1.54, 1.807) is 18.2 Å². The maximum absolute atomic E-state index is 16.0. The van der Waals surface area contributed by atoms with Gasteiger partial charge in [0.05, 0.1) is 16.8 Å². The number of fused-ring (bicyclic) bond motifs is 3. The Labute approximate surface area is 224 Å². The van der Waals surface area contributed by atoms with E-state index in [0.717, 1.165) is 35.0 Å². The second kappa shape index (κ2) is 9.00. The molecule has 0 amide bonds. The monoisotopic (exact) mass is 501 g/mol. The van der Waals surface area contributed by atoms with E-state index in [0.29, 0.717) is 11.3 Å². The van der Waals surface area contributed by atoms with E-state index in [9.17, 15) is 10.5 Å². The van der Waals surface area contributed by atoms with E-state index in [-0.39, 0.29) is 27.5 Å². The van der Waals surface area contributed by atoms with E-state index >= 15 is 4.39 Å². The van der Waals surface area contributed by atoms with Gasteiger partial charge >= 0.3 is 0 Å². The van der Waals surface area contributed by atoms with Crippen LogP contribution in [-0.4, -0.2) is 4.57 Å². The average molecular weight is 502 g/mol. The highest BCUT2D eigenvalue weighted by atomic mass is 19.1. The minimum atomic E-state index is -0.601. The first-order chi connectivity index (χ1) is 18.0. The molecule has 0 radical (unpaired) electrons. The number of halogens is 1. The molecule has 0 N–H and O–H groups in total. The molecule has 0 fully saturated rings. The number of rotatable bonds is 2. The molecule has 0 saturated heterocycles. The van der Waals surface area contributed by atoms with Crippen molar-refractivity contribution in [2.45, 2.75) is 59.8 Å². The molecule has 1 aliphatic carbocycles. The van der Waals surface area contributed by atoms with Crippen LogP contribution in [0.25, 0.3) is 33.8 Å². The summed E-state index contributed by atoms with van der Waals surface area (Å²) in [6.45, 7) is 13.2. The highest BCUT2D eigenvalue weighted by Crippen LogP contribution is 2.43. The van der Waals surface area contributed by atoms with E-state index in [1.165, 1.54) is 11.1 Å². The Morgan fingerprint density at radius 3 is 2.16 bits per heavy atom. The minimum absolute atomic E-state index is 0.0207. The van der Waals surface area contributed by atoms with E-state index in [1.807, 2.05) is 22.8 Å². The van der Waals surface area contributed by atoms with Crippen LogP contribution in [0, 0.1) is 33.9 Å². The first-order valence-electron chi connectivity index (χ1n) is 13.1. The zero-order chi connectivity index (χ0) is 27.4. The Bertz CT molecular complexity index is 1690. The van der Waals surface area contributed by atoms with Crippen molar-refractivity contribution < 1.29 is 4.39 Å². The summed E-state index contributed by atoms with van der Waals surface area (Å²) in [6.07, 6.45) is 3.89. The van der Waals surface area contributed by atoms with Crippen LogP contribution in [0.1, 0.15) is 75.9 Å². The Hall–Kier alpha value is -4.15. The summed E-state index contributed by atoms with van der Waals surface area (Å²) in [5, 5.41) is 21.6. The van der Waals surface area contributed by atoms with Gasteiger partial charge in [0.1, 0.15) is 17.7 Å². The number of benzene rings is 3. The van der Waals surface area contributed by atoms with Crippen LogP contribution in [0.5, 0.6) is 0 Å². The molecule has 0 aliphatic heterocycles. The first-order valence-corrected chi connectivity index (χ1v) is 13.1. The van der Waals surface area contributed by atoms with Crippen LogP contribution in [0.3, 0.4) is 0 Å². The lowest BCUT2D eigenvalue weighted by Gasteiger charge is -2.27. The zero-order valence-corrected chi connectivity index (χ0v) is 22.9. The average Bonchev–Trinajstić information content (AvgIpc) is 3.20. The van der Waals surface area contributed by atoms with Gasteiger partial charge in [0.2, 0.25) is 0 Å². The summed E-state index contributed by atoms with van der Waals surface area (Å²) in [6, 6.07) is 21.5. The van der Waals surface area contributed by atoms with Crippen molar-refractivity contribution in [2.75, 3.05) is 0 Å². The minimum Gasteiger partial charge on any atom is -0.310 e. The number of hydrogen-bond acceptors (Lipinski definition) is 2. The largest absolute Gasteiger partial charge is 0.310 e. The molecular weight excluding hydrogens is 469 g/mol. The molecule has 4 heteroatoms. The van der Waals surface area contributed by atoms with Gasteiger partial charge in [0.15, 0.2) is 5.82 Å². The summed E-state index contributed by atoms with van der Waals surface area (Å²) in [7, 11) is 0. The summed E-state index contributed by atoms with van der Waals surface area (Å²) in [5.41, 5.74) is 6.93. The second-order valence-electron chi connectivity index (χ2n) is 12.2. The van der Waals surface area contributed by atoms with Gasteiger partial charge in [0.25, 0.3) is 0 Å². The summed E-state index contributed by atoms with van der Waals surface area (Å²) >= 11 is 0. The molecule has 0 bridgehead atoms. The predicted molar refractivity (Wildman–Crippen MR) is 153 cm³/mol. The highest BCUT2D eigenvalue weighted by molar-refractivity contribution is 5.95. The third-order valence-electron chi connectivity index (χ3n) is 7.66. The van der Waals surface area contributed by atoms with Gasteiger partial charge in [-0.25, -0.2) is 4.39 Å². The maximum Gasteiger partial charge on any atom is 0.151 e. The molecule has 1 aliphatic rings. The van der Waals surface area contributed by atoms with Gasteiger partial charge < -0.3 is 4.57 Å². The number of nitrogens with zero attached hydrogens (tertiary/aromatic N) is 3. The lowest BCUT2D eigenvalue weighted by atomic mass is 9.79. The van der Waals surface area contributed by atoms with Gasteiger partial charge in [-0.2, -0.15) is 10.5 Å². The van der Waals surface area contributed by atoms with Crippen molar-refractivity contribution >= 4 is 17.0 Å². The third-order valence-corrected chi connectivity index (χ3v) is 7.66. The molecule has 3 aromatic carbocycles. The summed E-state index contributed by atoms with van der Waals surface area (Å²) in [4.78, 5) is 0. The normalized spacial score (nSPS) is 13.6. The van der Waals surface area contributed by atoms with Gasteiger partial charge in [-0.15, -0.1) is 0 Å². The number of hydrogen-bond donors (Lipinski definition) is 0. The smallest absolute Gasteiger partial charge is 0.151 e.